The third-order valence-corrected chi connectivity index (χ3v) is 5.15. The maximum Gasteiger partial charge on any atom is 0.240 e. The SMILES string of the molecule is CC(C(=O)N1CCCC1)N1CCN(C(=O)[C@@H](N)C(C)(C)C)CC1. The van der Waals surface area contributed by atoms with E-state index in [-0.39, 0.29) is 23.3 Å². The average Bonchev–Trinajstić information content (AvgIpc) is 3.05. The van der Waals surface area contributed by atoms with Crippen LogP contribution in [-0.4, -0.2) is 77.9 Å². The topological polar surface area (TPSA) is 69.9 Å². The predicted octanol–water partition coefficient (Wildman–Crippen LogP) is 0.515. The Balaban J connectivity index is 1.85. The molecule has 23 heavy (non-hydrogen) atoms. The summed E-state index contributed by atoms with van der Waals surface area (Å²) < 4.78 is 0. The van der Waals surface area contributed by atoms with E-state index in [2.05, 4.69) is 4.90 Å². The second kappa shape index (κ2) is 7.18. The first kappa shape index (κ1) is 18.2. The van der Waals surface area contributed by atoms with Gasteiger partial charge < -0.3 is 15.5 Å². The zero-order valence-electron chi connectivity index (χ0n) is 15.0. The second-order valence-corrected chi connectivity index (χ2v) is 7.91. The first-order chi connectivity index (χ1) is 10.7. The Labute approximate surface area is 140 Å². The minimum absolute atomic E-state index is 0.0238. The molecule has 2 aliphatic rings. The van der Waals surface area contributed by atoms with E-state index in [1.165, 1.54) is 0 Å². The van der Waals surface area contributed by atoms with Gasteiger partial charge in [0.15, 0.2) is 0 Å². The number of amides is 2. The predicted molar refractivity (Wildman–Crippen MR) is 90.9 cm³/mol. The molecule has 0 spiro atoms. The minimum Gasteiger partial charge on any atom is -0.341 e. The molecule has 2 amide bonds. The summed E-state index contributed by atoms with van der Waals surface area (Å²) in [7, 11) is 0. The van der Waals surface area contributed by atoms with Crippen molar-refractivity contribution in [1.29, 1.82) is 0 Å². The van der Waals surface area contributed by atoms with Gasteiger partial charge in [0.1, 0.15) is 0 Å². The van der Waals surface area contributed by atoms with E-state index in [4.69, 9.17) is 5.73 Å². The number of nitrogens with zero attached hydrogens (tertiary/aromatic N) is 3. The highest BCUT2D eigenvalue weighted by atomic mass is 16.2. The van der Waals surface area contributed by atoms with Crippen molar-refractivity contribution in [2.75, 3.05) is 39.3 Å². The maximum absolute atomic E-state index is 12.5. The van der Waals surface area contributed by atoms with Gasteiger partial charge in [-0.25, -0.2) is 0 Å². The number of hydrogen-bond donors (Lipinski definition) is 1. The van der Waals surface area contributed by atoms with Crippen molar-refractivity contribution in [1.82, 2.24) is 14.7 Å². The van der Waals surface area contributed by atoms with Crippen LogP contribution in [0.4, 0.5) is 0 Å². The van der Waals surface area contributed by atoms with Crippen LogP contribution < -0.4 is 5.73 Å². The quantitative estimate of drug-likeness (QED) is 0.821. The zero-order valence-corrected chi connectivity index (χ0v) is 15.0. The standard InChI is InChI=1S/C17H32N4O2/c1-13(15(22)20-7-5-6-8-20)19-9-11-21(12-10-19)16(23)14(18)17(2,3)4/h13-14H,5-12,18H2,1-4H3/t13?,14-/m1/s1. The lowest BCUT2D eigenvalue weighted by Crippen LogP contribution is -2.59. The molecule has 2 saturated heterocycles. The third kappa shape index (κ3) is 4.23. The highest BCUT2D eigenvalue weighted by molar-refractivity contribution is 5.83. The summed E-state index contributed by atoms with van der Waals surface area (Å²) in [5.74, 6) is 0.254. The molecule has 0 saturated carbocycles. The molecule has 0 aromatic carbocycles. The number of likely N-dealkylation sites (tertiary alicyclic amines) is 1. The Morgan fingerprint density at radius 3 is 1.83 bits per heavy atom. The zero-order chi connectivity index (χ0) is 17.2. The van der Waals surface area contributed by atoms with Crippen LogP contribution in [0, 0.1) is 5.41 Å². The first-order valence-corrected chi connectivity index (χ1v) is 8.79. The maximum atomic E-state index is 12.5. The number of rotatable bonds is 3. The fourth-order valence-electron chi connectivity index (χ4n) is 3.25. The summed E-state index contributed by atoms with van der Waals surface area (Å²) in [6.45, 7) is 12.5. The Morgan fingerprint density at radius 2 is 1.35 bits per heavy atom. The van der Waals surface area contributed by atoms with Gasteiger partial charge in [-0.05, 0) is 25.2 Å². The van der Waals surface area contributed by atoms with Gasteiger partial charge in [0.2, 0.25) is 11.8 Å². The summed E-state index contributed by atoms with van der Waals surface area (Å²) in [4.78, 5) is 31.0. The van der Waals surface area contributed by atoms with Gasteiger partial charge in [-0.15, -0.1) is 0 Å². The fourth-order valence-corrected chi connectivity index (χ4v) is 3.25. The van der Waals surface area contributed by atoms with Crippen molar-refractivity contribution >= 4 is 11.8 Å². The van der Waals surface area contributed by atoms with Crippen LogP contribution in [0.1, 0.15) is 40.5 Å². The van der Waals surface area contributed by atoms with Crippen molar-refractivity contribution in [2.45, 2.75) is 52.6 Å². The molecule has 2 heterocycles. The average molecular weight is 324 g/mol. The van der Waals surface area contributed by atoms with Crippen molar-refractivity contribution in [2.24, 2.45) is 11.1 Å². The minimum atomic E-state index is -0.474. The first-order valence-electron chi connectivity index (χ1n) is 8.79. The van der Waals surface area contributed by atoms with E-state index in [1.54, 1.807) is 0 Å². The summed E-state index contributed by atoms with van der Waals surface area (Å²) in [6, 6.07) is -0.570. The molecule has 1 unspecified atom stereocenters. The van der Waals surface area contributed by atoms with Crippen molar-refractivity contribution in [3.05, 3.63) is 0 Å². The molecule has 132 valence electrons. The molecule has 0 radical (unpaired) electrons. The lowest BCUT2D eigenvalue weighted by atomic mass is 9.86. The van der Waals surface area contributed by atoms with E-state index in [1.807, 2.05) is 37.5 Å². The van der Waals surface area contributed by atoms with E-state index < -0.39 is 6.04 Å². The van der Waals surface area contributed by atoms with Gasteiger partial charge >= 0.3 is 0 Å². The van der Waals surface area contributed by atoms with Crippen LogP contribution in [-0.2, 0) is 9.59 Å². The molecule has 2 atom stereocenters. The van der Waals surface area contributed by atoms with Crippen LogP contribution in [0.3, 0.4) is 0 Å². The Bertz CT molecular complexity index is 432. The molecule has 2 aliphatic heterocycles. The van der Waals surface area contributed by atoms with Crippen molar-refractivity contribution in [3.8, 4) is 0 Å². The Kier molecular flexibility index (Phi) is 5.68. The van der Waals surface area contributed by atoms with Gasteiger partial charge in [0.25, 0.3) is 0 Å². The highest BCUT2D eigenvalue weighted by Crippen LogP contribution is 2.20. The summed E-state index contributed by atoms with van der Waals surface area (Å²) in [5.41, 5.74) is 5.86. The van der Waals surface area contributed by atoms with E-state index >= 15 is 0 Å². The third-order valence-electron chi connectivity index (χ3n) is 5.15. The van der Waals surface area contributed by atoms with E-state index in [0.29, 0.717) is 13.1 Å². The second-order valence-electron chi connectivity index (χ2n) is 7.91. The van der Waals surface area contributed by atoms with Gasteiger partial charge in [0.05, 0.1) is 12.1 Å². The molecule has 0 aromatic heterocycles. The molecule has 6 nitrogen and oxygen atoms in total. The van der Waals surface area contributed by atoms with Crippen LogP contribution in [0.2, 0.25) is 0 Å². The van der Waals surface area contributed by atoms with Crippen molar-refractivity contribution < 1.29 is 9.59 Å². The smallest absolute Gasteiger partial charge is 0.240 e. The largest absolute Gasteiger partial charge is 0.341 e. The van der Waals surface area contributed by atoms with Gasteiger partial charge in [-0.1, -0.05) is 20.8 Å². The van der Waals surface area contributed by atoms with Gasteiger partial charge in [-0.2, -0.15) is 0 Å². The van der Waals surface area contributed by atoms with Crippen LogP contribution >= 0.6 is 0 Å². The van der Waals surface area contributed by atoms with Crippen LogP contribution in [0.5, 0.6) is 0 Å². The highest BCUT2D eigenvalue weighted by Gasteiger charge is 2.35. The molecular formula is C17H32N4O2. The summed E-state index contributed by atoms with van der Waals surface area (Å²) in [6.07, 6.45) is 2.23. The van der Waals surface area contributed by atoms with Crippen LogP contribution in [0.15, 0.2) is 0 Å². The fraction of sp³-hybridized carbons (Fsp3) is 0.882. The van der Waals surface area contributed by atoms with Crippen molar-refractivity contribution in [3.63, 3.8) is 0 Å². The molecule has 2 fully saturated rings. The van der Waals surface area contributed by atoms with Crippen LogP contribution in [0.25, 0.3) is 0 Å². The summed E-state index contributed by atoms with van der Waals surface area (Å²) >= 11 is 0. The summed E-state index contributed by atoms with van der Waals surface area (Å²) in [5, 5.41) is 0. The number of carbonyl (C=O) groups is 2. The molecule has 0 aromatic rings. The Hall–Kier alpha value is -1.14. The number of piperazine rings is 1. The molecule has 0 bridgehead atoms. The molecule has 2 rings (SSSR count). The molecular weight excluding hydrogens is 292 g/mol. The normalized spacial score (nSPS) is 23.0. The van der Waals surface area contributed by atoms with E-state index in [9.17, 15) is 9.59 Å². The molecule has 2 N–H and O–H groups in total. The molecule has 0 aliphatic carbocycles. The lowest BCUT2D eigenvalue weighted by molar-refractivity contribution is -0.139. The monoisotopic (exact) mass is 324 g/mol. The number of carbonyl (C=O) groups excluding carboxylic acids is 2. The van der Waals surface area contributed by atoms with E-state index in [0.717, 1.165) is 39.0 Å². The van der Waals surface area contributed by atoms with Gasteiger partial charge in [-0.3, -0.25) is 14.5 Å². The number of nitrogens with two attached hydrogens (primary N) is 1. The molecule has 6 heteroatoms. The van der Waals surface area contributed by atoms with Gasteiger partial charge in [0, 0.05) is 39.3 Å². The Morgan fingerprint density at radius 1 is 0.870 bits per heavy atom. The number of hydrogen-bond acceptors (Lipinski definition) is 4. The lowest BCUT2D eigenvalue weighted by Gasteiger charge is -2.40.